The van der Waals surface area contributed by atoms with Crippen molar-refractivity contribution in [2.45, 2.75) is 70.7 Å². The number of piperidine rings is 1. The lowest BCUT2D eigenvalue weighted by Crippen LogP contribution is -2.50. The predicted octanol–water partition coefficient (Wildman–Crippen LogP) is 2.39. The molecule has 3 rings (SSSR count). The van der Waals surface area contributed by atoms with E-state index in [-0.39, 0.29) is 0 Å². The van der Waals surface area contributed by atoms with Crippen LogP contribution in [-0.2, 0) is 0 Å². The van der Waals surface area contributed by atoms with E-state index in [2.05, 4.69) is 36.4 Å². The Morgan fingerprint density at radius 3 is 2.37 bits per heavy atom. The molecule has 2 heterocycles. The first-order valence-electron chi connectivity index (χ1n) is 8.38. The number of rotatable bonds is 2. The summed E-state index contributed by atoms with van der Waals surface area (Å²) < 4.78 is 0. The van der Waals surface area contributed by atoms with Crippen LogP contribution in [0, 0.1) is 17.8 Å². The number of likely N-dealkylation sites (N-methyl/N-ethyl adjacent to an activating group) is 1. The second-order valence-electron chi connectivity index (χ2n) is 7.34. The van der Waals surface area contributed by atoms with E-state index in [1.807, 2.05) is 0 Å². The Balaban J connectivity index is 1.58. The molecule has 3 nitrogen and oxygen atoms in total. The molecule has 3 fully saturated rings. The summed E-state index contributed by atoms with van der Waals surface area (Å²) in [7, 11) is 2.31. The molecule has 0 radical (unpaired) electrons. The first kappa shape index (κ1) is 13.8. The van der Waals surface area contributed by atoms with Crippen LogP contribution in [0.1, 0.15) is 52.4 Å². The highest BCUT2D eigenvalue weighted by Gasteiger charge is 2.43. The molecule has 0 bridgehead atoms. The van der Waals surface area contributed by atoms with Gasteiger partial charge >= 0.3 is 0 Å². The van der Waals surface area contributed by atoms with Gasteiger partial charge in [0.25, 0.3) is 0 Å². The maximum atomic E-state index is 3.92. The van der Waals surface area contributed by atoms with Crippen molar-refractivity contribution < 1.29 is 0 Å². The highest BCUT2D eigenvalue weighted by molar-refractivity contribution is 4.98. The smallest absolute Gasteiger partial charge is 0.0765 e. The number of nitrogens with zero attached hydrogens (tertiary/aromatic N) is 1. The van der Waals surface area contributed by atoms with E-state index in [0.29, 0.717) is 18.4 Å². The van der Waals surface area contributed by atoms with Crippen LogP contribution in [0.4, 0.5) is 0 Å². The van der Waals surface area contributed by atoms with Gasteiger partial charge in [-0.15, -0.1) is 0 Å². The lowest BCUT2D eigenvalue weighted by Gasteiger charge is -2.37. The van der Waals surface area contributed by atoms with Gasteiger partial charge in [0.1, 0.15) is 0 Å². The van der Waals surface area contributed by atoms with Gasteiger partial charge in [-0.1, -0.05) is 13.8 Å². The van der Waals surface area contributed by atoms with Crippen LogP contribution in [0.5, 0.6) is 0 Å². The van der Waals surface area contributed by atoms with Gasteiger partial charge in [0.05, 0.1) is 12.3 Å². The second kappa shape index (κ2) is 5.71. The largest absolute Gasteiger partial charge is 0.300 e. The zero-order valence-electron chi connectivity index (χ0n) is 12.9. The van der Waals surface area contributed by atoms with Crippen molar-refractivity contribution in [2.75, 3.05) is 13.6 Å². The van der Waals surface area contributed by atoms with Crippen molar-refractivity contribution in [3.8, 4) is 0 Å². The summed E-state index contributed by atoms with van der Waals surface area (Å²) >= 11 is 0. The van der Waals surface area contributed by atoms with Crippen LogP contribution in [-0.4, -0.2) is 36.9 Å². The van der Waals surface area contributed by atoms with Gasteiger partial charge in [0.15, 0.2) is 0 Å². The Morgan fingerprint density at radius 2 is 1.74 bits per heavy atom. The van der Waals surface area contributed by atoms with Crippen molar-refractivity contribution in [1.29, 1.82) is 0 Å². The molecule has 110 valence electrons. The summed E-state index contributed by atoms with van der Waals surface area (Å²) in [6, 6.07) is 0.687. The number of hydrogen-bond donors (Lipinski definition) is 2. The molecule has 2 N–H and O–H groups in total. The molecule has 3 atom stereocenters. The Kier molecular flexibility index (Phi) is 4.16. The van der Waals surface area contributed by atoms with Gasteiger partial charge in [0.2, 0.25) is 0 Å². The SMILES string of the molecule is CC(C)C1CCC(C2NC3CCCNC3N2C)CC1. The molecule has 0 aromatic carbocycles. The van der Waals surface area contributed by atoms with Crippen LogP contribution >= 0.6 is 0 Å². The number of fused-ring (bicyclic) bond motifs is 1. The van der Waals surface area contributed by atoms with Crippen molar-refractivity contribution in [3.05, 3.63) is 0 Å². The minimum absolute atomic E-state index is 0.585. The monoisotopic (exact) mass is 265 g/mol. The first-order valence-corrected chi connectivity index (χ1v) is 8.38. The molecular weight excluding hydrogens is 234 g/mol. The molecule has 3 unspecified atom stereocenters. The first-order chi connectivity index (χ1) is 9.16. The third-order valence-electron chi connectivity index (χ3n) is 5.89. The van der Waals surface area contributed by atoms with Gasteiger partial charge in [-0.05, 0) is 69.9 Å². The molecule has 2 aliphatic heterocycles. The minimum Gasteiger partial charge on any atom is -0.300 e. The topological polar surface area (TPSA) is 27.3 Å². The fourth-order valence-corrected chi connectivity index (χ4v) is 4.58. The third-order valence-corrected chi connectivity index (χ3v) is 5.89. The van der Waals surface area contributed by atoms with E-state index in [9.17, 15) is 0 Å². The third kappa shape index (κ3) is 2.70. The zero-order valence-corrected chi connectivity index (χ0v) is 12.9. The maximum Gasteiger partial charge on any atom is 0.0765 e. The van der Waals surface area contributed by atoms with Crippen LogP contribution in [0.2, 0.25) is 0 Å². The average molecular weight is 265 g/mol. The molecule has 0 aromatic rings. The van der Waals surface area contributed by atoms with E-state index >= 15 is 0 Å². The summed E-state index contributed by atoms with van der Waals surface area (Å²) in [5.41, 5.74) is 0. The summed E-state index contributed by atoms with van der Waals surface area (Å²) in [6.07, 6.45) is 9.60. The highest BCUT2D eigenvalue weighted by Crippen LogP contribution is 2.37. The van der Waals surface area contributed by atoms with Crippen molar-refractivity contribution >= 4 is 0 Å². The van der Waals surface area contributed by atoms with Gasteiger partial charge in [0, 0.05) is 6.04 Å². The molecule has 0 spiro atoms. The van der Waals surface area contributed by atoms with Crippen molar-refractivity contribution in [3.63, 3.8) is 0 Å². The van der Waals surface area contributed by atoms with E-state index in [4.69, 9.17) is 0 Å². The Bertz CT molecular complexity index is 296. The second-order valence-corrected chi connectivity index (χ2v) is 7.34. The average Bonchev–Trinajstić information content (AvgIpc) is 2.77. The zero-order chi connectivity index (χ0) is 13.4. The molecule has 0 amide bonds. The van der Waals surface area contributed by atoms with Gasteiger partial charge in [-0.3, -0.25) is 10.2 Å². The van der Waals surface area contributed by atoms with Crippen LogP contribution in [0.15, 0.2) is 0 Å². The lowest BCUT2D eigenvalue weighted by molar-refractivity contribution is 0.105. The van der Waals surface area contributed by atoms with E-state index in [0.717, 1.165) is 17.8 Å². The maximum absolute atomic E-state index is 3.92. The van der Waals surface area contributed by atoms with Crippen molar-refractivity contribution in [2.24, 2.45) is 17.8 Å². The van der Waals surface area contributed by atoms with Crippen LogP contribution in [0.3, 0.4) is 0 Å². The summed E-state index contributed by atoms with van der Waals surface area (Å²) in [4.78, 5) is 2.59. The van der Waals surface area contributed by atoms with Gasteiger partial charge in [-0.2, -0.15) is 0 Å². The number of nitrogens with one attached hydrogen (secondary N) is 2. The molecule has 19 heavy (non-hydrogen) atoms. The van der Waals surface area contributed by atoms with Crippen LogP contribution < -0.4 is 10.6 Å². The van der Waals surface area contributed by atoms with Gasteiger partial charge < -0.3 is 5.32 Å². The quantitative estimate of drug-likeness (QED) is 0.803. The Hall–Kier alpha value is -0.120. The summed E-state index contributed by atoms with van der Waals surface area (Å²) in [6.45, 7) is 5.98. The molecule has 1 saturated carbocycles. The van der Waals surface area contributed by atoms with Gasteiger partial charge in [-0.25, -0.2) is 0 Å². The summed E-state index contributed by atoms with van der Waals surface area (Å²) in [5, 5.41) is 7.61. The molecule has 2 saturated heterocycles. The standard InChI is InChI=1S/C16H31N3/c1-11(2)12-6-8-13(9-7-12)15-18-14-5-4-10-17-16(14)19(15)3/h11-18H,4-10H2,1-3H3. The molecular formula is C16H31N3. The normalized spacial score (nSPS) is 44.5. The molecule has 3 heteroatoms. The minimum atomic E-state index is 0.585. The molecule has 3 aliphatic rings. The van der Waals surface area contributed by atoms with Crippen LogP contribution in [0.25, 0.3) is 0 Å². The fourth-order valence-electron chi connectivity index (χ4n) is 4.58. The molecule has 0 aromatic heterocycles. The Labute approximate surface area is 118 Å². The lowest BCUT2D eigenvalue weighted by atomic mass is 9.76. The van der Waals surface area contributed by atoms with E-state index in [1.165, 1.54) is 45.1 Å². The summed E-state index contributed by atoms with van der Waals surface area (Å²) in [5.74, 6) is 2.72. The van der Waals surface area contributed by atoms with E-state index < -0.39 is 0 Å². The fraction of sp³-hybridized carbons (Fsp3) is 1.00. The molecule has 1 aliphatic carbocycles. The van der Waals surface area contributed by atoms with E-state index in [1.54, 1.807) is 0 Å². The highest BCUT2D eigenvalue weighted by atomic mass is 15.4. The number of hydrogen-bond acceptors (Lipinski definition) is 3. The Morgan fingerprint density at radius 1 is 1.00 bits per heavy atom. The van der Waals surface area contributed by atoms with Crippen molar-refractivity contribution in [1.82, 2.24) is 15.5 Å². The predicted molar refractivity (Wildman–Crippen MR) is 79.8 cm³/mol.